The molecular formula is C9H14N2. The predicted molar refractivity (Wildman–Crippen MR) is 44.6 cm³/mol. The van der Waals surface area contributed by atoms with E-state index in [0.717, 1.165) is 12.1 Å². The van der Waals surface area contributed by atoms with Gasteiger partial charge in [-0.05, 0) is 26.7 Å². The molecule has 0 amide bonds. The molecule has 0 saturated carbocycles. The van der Waals surface area contributed by atoms with Gasteiger partial charge in [0.15, 0.2) is 0 Å². The van der Waals surface area contributed by atoms with Gasteiger partial charge in [0.2, 0.25) is 0 Å². The van der Waals surface area contributed by atoms with E-state index in [2.05, 4.69) is 29.6 Å². The first-order valence-electron chi connectivity index (χ1n) is 4.32. The van der Waals surface area contributed by atoms with Crippen molar-refractivity contribution >= 4 is 0 Å². The van der Waals surface area contributed by atoms with Crippen LogP contribution in [0.2, 0.25) is 0 Å². The fourth-order valence-corrected chi connectivity index (χ4v) is 1.83. The van der Waals surface area contributed by atoms with Crippen LogP contribution in [0.1, 0.15) is 37.3 Å². The molecule has 1 aromatic rings. The molecule has 2 rings (SSSR count). The van der Waals surface area contributed by atoms with Gasteiger partial charge in [-0.25, -0.2) is 4.98 Å². The minimum atomic E-state index is 0.667. The topological polar surface area (TPSA) is 17.8 Å². The molecule has 1 aromatic heterocycles. The minimum Gasteiger partial charge on any atom is -0.332 e. The van der Waals surface area contributed by atoms with Crippen LogP contribution in [0.4, 0.5) is 0 Å². The fourth-order valence-electron chi connectivity index (χ4n) is 1.83. The van der Waals surface area contributed by atoms with Crippen LogP contribution >= 0.6 is 0 Å². The van der Waals surface area contributed by atoms with Gasteiger partial charge in [0.05, 0.1) is 5.69 Å². The van der Waals surface area contributed by atoms with Gasteiger partial charge in [-0.15, -0.1) is 0 Å². The van der Waals surface area contributed by atoms with Gasteiger partial charge in [0.1, 0.15) is 5.82 Å². The average Bonchev–Trinajstić information content (AvgIpc) is 2.31. The van der Waals surface area contributed by atoms with Gasteiger partial charge >= 0.3 is 0 Å². The Morgan fingerprint density at radius 2 is 2.45 bits per heavy atom. The summed E-state index contributed by atoms with van der Waals surface area (Å²) in [5, 5.41) is 0. The van der Waals surface area contributed by atoms with E-state index in [0.29, 0.717) is 6.04 Å². The Balaban J connectivity index is 2.43. The van der Waals surface area contributed by atoms with Crippen molar-refractivity contribution in [1.29, 1.82) is 0 Å². The van der Waals surface area contributed by atoms with Crippen molar-refractivity contribution in [1.82, 2.24) is 9.55 Å². The molecule has 0 aromatic carbocycles. The van der Waals surface area contributed by atoms with Crippen LogP contribution in [0.5, 0.6) is 0 Å². The number of hydrogen-bond donors (Lipinski definition) is 0. The molecule has 60 valence electrons. The van der Waals surface area contributed by atoms with E-state index >= 15 is 0 Å². The first-order valence-corrected chi connectivity index (χ1v) is 4.32. The van der Waals surface area contributed by atoms with Crippen molar-refractivity contribution in [3.05, 3.63) is 17.7 Å². The Morgan fingerprint density at radius 1 is 1.64 bits per heavy atom. The van der Waals surface area contributed by atoms with Crippen LogP contribution in [0.25, 0.3) is 0 Å². The maximum atomic E-state index is 4.46. The molecule has 2 nitrogen and oxygen atoms in total. The third-order valence-corrected chi connectivity index (χ3v) is 2.43. The minimum absolute atomic E-state index is 0.667. The van der Waals surface area contributed by atoms with Crippen LogP contribution in [0.15, 0.2) is 6.20 Å². The number of imidazole rings is 1. The van der Waals surface area contributed by atoms with Crippen molar-refractivity contribution in [2.45, 2.75) is 39.2 Å². The van der Waals surface area contributed by atoms with Gasteiger partial charge in [0.25, 0.3) is 0 Å². The lowest BCUT2D eigenvalue weighted by atomic mass is 10.1. The quantitative estimate of drug-likeness (QED) is 0.553. The second-order valence-corrected chi connectivity index (χ2v) is 3.45. The molecule has 0 spiro atoms. The molecule has 1 atom stereocenters. The van der Waals surface area contributed by atoms with E-state index in [1.807, 2.05) is 0 Å². The summed E-state index contributed by atoms with van der Waals surface area (Å²) in [4.78, 5) is 4.46. The van der Waals surface area contributed by atoms with Crippen molar-refractivity contribution in [3.8, 4) is 0 Å². The lowest BCUT2D eigenvalue weighted by Gasteiger charge is -2.20. The maximum Gasteiger partial charge on any atom is 0.109 e. The Morgan fingerprint density at radius 3 is 3.18 bits per heavy atom. The molecule has 2 heteroatoms. The number of nitrogens with zero attached hydrogens (tertiary/aromatic N) is 2. The number of aryl methyl sites for hydroxylation is 2. The highest BCUT2D eigenvalue weighted by Gasteiger charge is 2.16. The van der Waals surface area contributed by atoms with E-state index in [1.54, 1.807) is 0 Å². The molecule has 0 unspecified atom stereocenters. The summed E-state index contributed by atoms with van der Waals surface area (Å²) in [5.41, 5.74) is 1.16. The summed E-state index contributed by atoms with van der Waals surface area (Å²) in [7, 11) is 0. The largest absolute Gasteiger partial charge is 0.332 e. The third kappa shape index (κ3) is 1.06. The molecule has 11 heavy (non-hydrogen) atoms. The van der Waals surface area contributed by atoms with Crippen molar-refractivity contribution < 1.29 is 0 Å². The Hall–Kier alpha value is -0.790. The summed E-state index contributed by atoms with van der Waals surface area (Å²) in [5.74, 6) is 1.28. The lowest BCUT2D eigenvalue weighted by molar-refractivity contribution is 0.425. The van der Waals surface area contributed by atoms with E-state index in [-0.39, 0.29) is 0 Å². The highest BCUT2D eigenvalue weighted by atomic mass is 15.1. The summed E-state index contributed by atoms with van der Waals surface area (Å²) in [6, 6.07) is 0.667. The smallest absolute Gasteiger partial charge is 0.109 e. The van der Waals surface area contributed by atoms with Crippen molar-refractivity contribution in [2.75, 3.05) is 0 Å². The average molecular weight is 150 g/mol. The van der Waals surface area contributed by atoms with Crippen LogP contribution in [0, 0.1) is 6.92 Å². The summed E-state index contributed by atoms with van der Waals surface area (Å²) in [6.07, 6.45) is 5.94. The number of rotatable bonds is 0. The van der Waals surface area contributed by atoms with E-state index < -0.39 is 0 Å². The van der Waals surface area contributed by atoms with E-state index in [9.17, 15) is 0 Å². The van der Waals surface area contributed by atoms with Crippen molar-refractivity contribution in [2.24, 2.45) is 0 Å². The van der Waals surface area contributed by atoms with E-state index in [1.165, 1.54) is 18.7 Å². The standard InChI is InChI=1S/C9H14N2/c1-7-6-11-8(2)4-3-5-9(11)10-7/h6,8H,3-5H2,1-2H3/t8-/m0/s1. The SMILES string of the molecule is Cc1cn2c(n1)CCC[C@@H]2C. The fraction of sp³-hybridized carbons (Fsp3) is 0.667. The second kappa shape index (κ2) is 2.36. The van der Waals surface area contributed by atoms with Gasteiger partial charge in [0, 0.05) is 18.7 Å². The number of fused-ring (bicyclic) bond motifs is 1. The molecule has 0 N–H and O–H groups in total. The molecule has 0 radical (unpaired) electrons. The highest BCUT2D eigenvalue weighted by Crippen LogP contribution is 2.23. The maximum absolute atomic E-state index is 4.46. The molecular weight excluding hydrogens is 136 g/mol. The van der Waals surface area contributed by atoms with E-state index in [4.69, 9.17) is 0 Å². The molecule has 1 aliphatic rings. The van der Waals surface area contributed by atoms with Gasteiger partial charge in [-0.1, -0.05) is 0 Å². The van der Waals surface area contributed by atoms with Gasteiger partial charge in [-0.3, -0.25) is 0 Å². The molecule has 2 heterocycles. The number of hydrogen-bond acceptors (Lipinski definition) is 1. The lowest BCUT2D eigenvalue weighted by Crippen LogP contribution is -2.14. The highest BCUT2D eigenvalue weighted by molar-refractivity contribution is 5.05. The zero-order valence-electron chi connectivity index (χ0n) is 7.17. The number of aromatic nitrogens is 2. The zero-order chi connectivity index (χ0) is 7.84. The summed E-state index contributed by atoms with van der Waals surface area (Å²) in [6.45, 7) is 4.34. The van der Waals surface area contributed by atoms with Crippen molar-refractivity contribution in [3.63, 3.8) is 0 Å². The molecule has 1 aliphatic heterocycles. The summed E-state index contributed by atoms with van der Waals surface area (Å²) < 4.78 is 2.32. The van der Waals surface area contributed by atoms with Crippen LogP contribution < -0.4 is 0 Å². The van der Waals surface area contributed by atoms with Gasteiger partial charge < -0.3 is 4.57 Å². The second-order valence-electron chi connectivity index (χ2n) is 3.45. The third-order valence-electron chi connectivity index (χ3n) is 2.43. The van der Waals surface area contributed by atoms with Gasteiger partial charge in [-0.2, -0.15) is 0 Å². The first kappa shape index (κ1) is 6.89. The Kier molecular flexibility index (Phi) is 1.48. The van der Waals surface area contributed by atoms with Crippen LogP contribution in [0.3, 0.4) is 0 Å². The first-order chi connectivity index (χ1) is 5.27. The normalized spacial score (nSPS) is 23.3. The monoisotopic (exact) mass is 150 g/mol. The molecule has 0 saturated heterocycles. The van der Waals surface area contributed by atoms with Crippen LogP contribution in [-0.4, -0.2) is 9.55 Å². The molecule has 0 aliphatic carbocycles. The molecule has 0 bridgehead atoms. The van der Waals surface area contributed by atoms with Crippen LogP contribution in [-0.2, 0) is 6.42 Å². The zero-order valence-corrected chi connectivity index (χ0v) is 7.17. The Labute approximate surface area is 67.3 Å². The Bertz CT molecular complexity index is 263. The predicted octanol–water partition coefficient (Wildman–Crippen LogP) is 2.09. The summed E-state index contributed by atoms with van der Waals surface area (Å²) >= 11 is 0. The molecule has 0 fully saturated rings.